The van der Waals surface area contributed by atoms with E-state index in [0.29, 0.717) is 13.0 Å². The van der Waals surface area contributed by atoms with Crippen LogP contribution in [0.5, 0.6) is 0 Å². The molecule has 0 spiro atoms. The van der Waals surface area contributed by atoms with Crippen LogP contribution < -0.4 is 11.1 Å². The fraction of sp³-hybridized carbons (Fsp3) is 0.143. The van der Waals surface area contributed by atoms with Gasteiger partial charge in [-0.1, -0.05) is 12.1 Å². The maximum absolute atomic E-state index is 13.5. The number of benzene rings is 2. The second-order valence-electron chi connectivity index (χ2n) is 4.16. The third-order valence-electron chi connectivity index (χ3n) is 2.69. The number of nitrogen functional groups attached to an aromatic ring is 1. The molecule has 2 rings (SSSR count). The molecule has 100 valence electrons. The minimum absolute atomic E-state index is 0.0408. The van der Waals surface area contributed by atoms with Gasteiger partial charge in [0, 0.05) is 12.2 Å². The molecule has 0 aliphatic rings. The lowest BCUT2D eigenvalue weighted by molar-refractivity contribution is 0.589. The van der Waals surface area contributed by atoms with Crippen molar-refractivity contribution >= 4 is 11.4 Å². The van der Waals surface area contributed by atoms with E-state index in [1.807, 2.05) is 0 Å². The third kappa shape index (κ3) is 3.40. The van der Waals surface area contributed by atoms with Crippen LogP contribution in [0.2, 0.25) is 0 Å². The number of nitrogens with one attached hydrogen (secondary N) is 1. The molecule has 0 bridgehead atoms. The van der Waals surface area contributed by atoms with Gasteiger partial charge in [0.25, 0.3) is 0 Å². The number of rotatable bonds is 4. The van der Waals surface area contributed by atoms with Crippen molar-refractivity contribution in [2.24, 2.45) is 0 Å². The lowest BCUT2D eigenvalue weighted by atomic mass is 10.1. The normalized spacial score (nSPS) is 10.5. The fourth-order valence-electron chi connectivity index (χ4n) is 1.74. The average Bonchev–Trinajstić information content (AvgIpc) is 2.34. The first-order chi connectivity index (χ1) is 9.06. The van der Waals surface area contributed by atoms with Crippen LogP contribution in [0, 0.1) is 17.5 Å². The Bertz CT molecular complexity index is 544. The van der Waals surface area contributed by atoms with Gasteiger partial charge in [0.05, 0.1) is 0 Å². The summed E-state index contributed by atoms with van der Waals surface area (Å²) in [6, 6.07) is 8.07. The second kappa shape index (κ2) is 5.65. The van der Waals surface area contributed by atoms with Crippen LogP contribution in [-0.4, -0.2) is 6.54 Å². The lowest BCUT2D eigenvalue weighted by Crippen LogP contribution is -2.08. The molecule has 2 aromatic carbocycles. The Labute approximate surface area is 109 Å². The minimum Gasteiger partial charge on any atom is -0.399 e. The molecular weight excluding hydrogens is 253 g/mol. The van der Waals surface area contributed by atoms with Gasteiger partial charge in [-0.25, -0.2) is 13.2 Å². The van der Waals surface area contributed by atoms with E-state index < -0.39 is 11.6 Å². The zero-order chi connectivity index (χ0) is 13.8. The number of nitrogens with two attached hydrogens (primary N) is 1. The largest absolute Gasteiger partial charge is 0.399 e. The minimum atomic E-state index is -0.725. The van der Waals surface area contributed by atoms with E-state index in [4.69, 9.17) is 5.73 Å². The highest BCUT2D eigenvalue weighted by molar-refractivity contribution is 5.54. The Morgan fingerprint density at radius 3 is 2.11 bits per heavy atom. The third-order valence-corrected chi connectivity index (χ3v) is 2.69. The van der Waals surface area contributed by atoms with Crippen molar-refractivity contribution in [2.45, 2.75) is 6.42 Å². The first-order valence-corrected chi connectivity index (χ1v) is 5.79. The van der Waals surface area contributed by atoms with Gasteiger partial charge in [-0.05, 0) is 36.2 Å². The van der Waals surface area contributed by atoms with Crippen LogP contribution in [0.3, 0.4) is 0 Å². The summed E-state index contributed by atoms with van der Waals surface area (Å²) in [7, 11) is 0. The molecule has 0 radical (unpaired) electrons. The van der Waals surface area contributed by atoms with Crippen LogP contribution in [0.1, 0.15) is 5.56 Å². The highest BCUT2D eigenvalue weighted by Crippen LogP contribution is 2.21. The van der Waals surface area contributed by atoms with E-state index in [9.17, 15) is 13.2 Å². The molecule has 5 heteroatoms. The summed E-state index contributed by atoms with van der Waals surface area (Å²) < 4.78 is 39.6. The summed E-state index contributed by atoms with van der Waals surface area (Å²) in [4.78, 5) is 0. The average molecular weight is 266 g/mol. The molecule has 0 unspecified atom stereocenters. The van der Waals surface area contributed by atoms with Gasteiger partial charge in [0.1, 0.15) is 11.5 Å². The highest BCUT2D eigenvalue weighted by atomic mass is 19.1. The zero-order valence-electron chi connectivity index (χ0n) is 10.1. The van der Waals surface area contributed by atoms with Crippen molar-refractivity contribution in [3.05, 3.63) is 59.4 Å². The number of hydrogen-bond acceptors (Lipinski definition) is 2. The van der Waals surface area contributed by atoms with Crippen LogP contribution in [0.4, 0.5) is 24.5 Å². The molecule has 0 fully saturated rings. The summed E-state index contributed by atoms with van der Waals surface area (Å²) in [5.74, 6) is -1.76. The summed E-state index contributed by atoms with van der Waals surface area (Å²) in [5, 5.41) is 2.67. The van der Waals surface area contributed by atoms with Crippen LogP contribution in [-0.2, 0) is 6.42 Å². The smallest absolute Gasteiger partial charge is 0.151 e. The molecule has 0 aliphatic heterocycles. The topological polar surface area (TPSA) is 38.0 Å². The highest BCUT2D eigenvalue weighted by Gasteiger charge is 2.09. The zero-order valence-corrected chi connectivity index (χ0v) is 10.1. The first-order valence-electron chi connectivity index (χ1n) is 5.79. The lowest BCUT2D eigenvalue weighted by Gasteiger charge is -2.09. The quantitative estimate of drug-likeness (QED) is 0.833. The maximum atomic E-state index is 13.5. The number of halogens is 3. The monoisotopic (exact) mass is 266 g/mol. The number of hydrogen-bond donors (Lipinski definition) is 2. The van der Waals surface area contributed by atoms with Crippen molar-refractivity contribution in [1.29, 1.82) is 0 Å². The molecule has 0 aromatic heterocycles. The first kappa shape index (κ1) is 13.3. The molecule has 0 saturated carbocycles. The predicted octanol–water partition coefficient (Wildman–Crippen LogP) is 3.34. The molecule has 0 aliphatic carbocycles. The van der Waals surface area contributed by atoms with Crippen molar-refractivity contribution < 1.29 is 13.2 Å². The molecular formula is C14H13F3N2. The molecule has 0 saturated heterocycles. The predicted molar refractivity (Wildman–Crippen MR) is 69.4 cm³/mol. The van der Waals surface area contributed by atoms with E-state index in [0.717, 1.165) is 17.7 Å². The molecule has 2 aromatic rings. The van der Waals surface area contributed by atoms with Gasteiger partial charge in [0.2, 0.25) is 0 Å². The second-order valence-corrected chi connectivity index (χ2v) is 4.16. The Morgan fingerprint density at radius 2 is 1.53 bits per heavy atom. The molecule has 0 atom stereocenters. The van der Waals surface area contributed by atoms with Crippen molar-refractivity contribution in [3.8, 4) is 0 Å². The van der Waals surface area contributed by atoms with Gasteiger partial charge in [-0.15, -0.1) is 0 Å². The standard InChI is InChI=1S/C14H13F3N2/c15-10-3-1-9(2-4-10)5-6-19-14-12(16)7-11(18)8-13(14)17/h1-4,7-8,19H,5-6,18H2. The van der Waals surface area contributed by atoms with Gasteiger partial charge in [0.15, 0.2) is 11.6 Å². The summed E-state index contributed by atoms with van der Waals surface area (Å²) in [6.07, 6.45) is 0.531. The molecule has 2 nitrogen and oxygen atoms in total. The summed E-state index contributed by atoms with van der Waals surface area (Å²) in [5.41, 5.74) is 6.04. The van der Waals surface area contributed by atoms with Crippen molar-refractivity contribution in [2.75, 3.05) is 17.6 Å². The van der Waals surface area contributed by atoms with Crippen molar-refractivity contribution in [1.82, 2.24) is 0 Å². The van der Waals surface area contributed by atoms with Gasteiger partial charge < -0.3 is 11.1 Å². The Hall–Kier alpha value is -2.17. The van der Waals surface area contributed by atoms with Crippen LogP contribution in [0.15, 0.2) is 36.4 Å². The van der Waals surface area contributed by atoms with E-state index in [1.54, 1.807) is 12.1 Å². The Balaban J connectivity index is 1.98. The Morgan fingerprint density at radius 1 is 0.947 bits per heavy atom. The number of anilines is 2. The van der Waals surface area contributed by atoms with E-state index >= 15 is 0 Å². The molecule has 0 amide bonds. The summed E-state index contributed by atoms with van der Waals surface area (Å²) >= 11 is 0. The fourth-order valence-corrected chi connectivity index (χ4v) is 1.74. The SMILES string of the molecule is Nc1cc(F)c(NCCc2ccc(F)cc2)c(F)c1. The molecule has 0 heterocycles. The van der Waals surface area contributed by atoms with Crippen LogP contribution >= 0.6 is 0 Å². The van der Waals surface area contributed by atoms with E-state index in [-0.39, 0.29) is 17.2 Å². The maximum Gasteiger partial charge on any atom is 0.151 e. The summed E-state index contributed by atoms with van der Waals surface area (Å²) in [6.45, 7) is 0.337. The van der Waals surface area contributed by atoms with E-state index in [2.05, 4.69) is 5.32 Å². The molecule has 3 N–H and O–H groups in total. The van der Waals surface area contributed by atoms with Gasteiger partial charge in [-0.2, -0.15) is 0 Å². The van der Waals surface area contributed by atoms with Gasteiger partial charge in [-0.3, -0.25) is 0 Å². The van der Waals surface area contributed by atoms with Gasteiger partial charge >= 0.3 is 0 Å². The van der Waals surface area contributed by atoms with E-state index in [1.165, 1.54) is 12.1 Å². The molecule has 19 heavy (non-hydrogen) atoms. The van der Waals surface area contributed by atoms with Crippen molar-refractivity contribution in [3.63, 3.8) is 0 Å². The Kier molecular flexibility index (Phi) is 3.94. The van der Waals surface area contributed by atoms with Crippen LogP contribution in [0.25, 0.3) is 0 Å².